The molecule has 11 heteroatoms. The summed E-state index contributed by atoms with van der Waals surface area (Å²) in [5.74, 6) is 0.317. The number of carbonyl (C=O) groups excluding carboxylic acids is 1. The van der Waals surface area contributed by atoms with Gasteiger partial charge >= 0.3 is 0 Å². The Balaban J connectivity index is 1.52. The maximum absolute atomic E-state index is 13.5. The van der Waals surface area contributed by atoms with Gasteiger partial charge in [0.25, 0.3) is 0 Å². The number of aromatic nitrogens is 1. The zero-order valence-corrected chi connectivity index (χ0v) is 22.1. The summed E-state index contributed by atoms with van der Waals surface area (Å²) in [5, 5.41) is 0.945. The molecular weight excluding hydrogens is 511 g/mol. The molecule has 3 heterocycles. The molecule has 2 aliphatic rings. The SMILES string of the molecule is C[C@H](Oc1ccc(N)cn1)[C@H]1CN(C(=O)C2CCN(S(C)(=O)=O)CC2)C[C@@H]1c1ccc(Cl)c(Cl)c1. The van der Waals surface area contributed by atoms with Crippen LogP contribution >= 0.6 is 23.2 Å². The fraction of sp³-hybridized carbons (Fsp3) is 0.500. The van der Waals surface area contributed by atoms with Crippen molar-refractivity contribution in [2.45, 2.75) is 31.8 Å². The Morgan fingerprint density at radius 2 is 1.86 bits per heavy atom. The Morgan fingerprint density at radius 3 is 2.46 bits per heavy atom. The highest BCUT2D eigenvalue weighted by Crippen LogP contribution is 2.39. The quantitative estimate of drug-likeness (QED) is 0.599. The lowest BCUT2D eigenvalue weighted by atomic mass is 9.86. The molecule has 2 aliphatic heterocycles. The summed E-state index contributed by atoms with van der Waals surface area (Å²) in [6.45, 7) is 3.75. The highest BCUT2D eigenvalue weighted by Gasteiger charge is 2.42. The summed E-state index contributed by atoms with van der Waals surface area (Å²) in [5.41, 5.74) is 7.28. The van der Waals surface area contributed by atoms with E-state index >= 15 is 0 Å². The first kappa shape index (κ1) is 26.0. The van der Waals surface area contributed by atoms with E-state index in [1.807, 2.05) is 24.0 Å². The maximum Gasteiger partial charge on any atom is 0.225 e. The Hall–Kier alpha value is -2.07. The van der Waals surface area contributed by atoms with E-state index in [0.717, 1.165) is 5.56 Å². The summed E-state index contributed by atoms with van der Waals surface area (Å²) in [7, 11) is -3.24. The van der Waals surface area contributed by atoms with Crippen molar-refractivity contribution in [3.63, 3.8) is 0 Å². The third-order valence-electron chi connectivity index (χ3n) is 6.99. The van der Waals surface area contributed by atoms with Crippen LogP contribution in [0.15, 0.2) is 36.5 Å². The van der Waals surface area contributed by atoms with Crippen LogP contribution in [0.5, 0.6) is 5.88 Å². The van der Waals surface area contributed by atoms with Crippen LogP contribution in [0, 0.1) is 11.8 Å². The molecule has 2 saturated heterocycles. The van der Waals surface area contributed by atoms with Crippen LogP contribution in [0.2, 0.25) is 10.0 Å². The Labute approximate surface area is 216 Å². The molecular formula is C24H30Cl2N4O4S. The highest BCUT2D eigenvalue weighted by atomic mass is 35.5. The number of anilines is 1. The number of rotatable bonds is 6. The number of hydrogen-bond donors (Lipinski definition) is 1. The van der Waals surface area contributed by atoms with Crippen LogP contribution in [0.25, 0.3) is 0 Å². The second-order valence-electron chi connectivity index (χ2n) is 9.38. The van der Waals surface area contributed by atoms with Crippen molar-refractivity contribution in [3.05, 3.63) is 52.1 Å². The number of ether oxygens (including phenoxy) is 1. The van der Waals surface area contributed by atoms with E-state index in [-0.39, 0.29) is 29.8 Å². The fourth-order valence-electron chi connectivity index (χ4n) is 5.01. The summed E-state index contributed by atoms with van der Waals surface area (Å²) >= 11 is 12.5. The van der Waals surface area contributed by atoms with Crippen molar-refractivity contribution in [1.82, 2.24) is 14.2 Å². The Bertz CT molecular complexity index is 1170. The molecule has 190 valence electrons. The van der Waals surface area contributed by atoms with E-state index in [4.69, 9.17) is 33.7 Å². The number of likely N-dealkylation sites (tertiary alicyclic amines) is 1. The number of benzene rings is 1. The molecule has 1 amide bonds. The third-order valence-corrected chi connectivity index (χ3v) is 9.03. The van der Waals surface area contributed by atoms with E-state index in [1.54, 1.807) is 24.4 Å². The van der Waals surface area contributed by atoms with E-state index in [9.17, 15) is 13.2 Å². The number of sulfonamides is 1. The van der Waals surface area contributed by atoms with Crippen molar-refractivity contribution in [3.8, 4) is 5.88 Å². The molecule has 1 aromatic heterocycles. The number of pyridine rings is 1. The molecule has 35 heavy (non-hydrogen) atoms. The molecule has 2 N–H and O–H groups in total. The molecule has 0 bridgehead atoms. The highest BCUT2D eigenvalue weighted by molar-refractivity contribution is 7.88. The number of nitrogens with zero attached hydrogens (tertiary/aromatic N) is 3. The first-order valence-corrected chi connectivity index (χ1v) is 14.2. The van der Waals surface area contributed by atoms with Gasteiger partial charge in [0.2, 0.25) is 21.8 Å². The molecule has 0 radical (unpaired) electrons. The average molecular weight is 542 g/mol. The fourth-order valence-corrected chi connectivity index (χ4v) is 6.19. The minimum Gasteiger partial charge on any atom is -0.474 e. The van der Waals surface area contributed by atoms with Crippen LogP contribution in [0.3, 0.4) is 0 Å². The molecule has 1 aromatic carbocycles. The van der Waals surface area contributed by atoms with Gasteiger partial charge in [0.05, 0.1) is 28.2 Å². The minimum atomic E-state index is -3.24. The summed E-state index contributed by atoms with van der Waals surface area (Å²) in [4.78, 5) is 19.6. The van der Waals surface area contributed by atoms with E-state index < -0.39 is 10.0 Å². The molecule has 8 nitrogen and oxygen atoms in total. The molecule has 2 aromatic rings. The van der Waals surface area contributed by atoms with Gasteiger partial charge in [0, 0.05) is 50.0 Å². The lowest BCUT2D eigenvalue weighted by Crippen LogP contribution is -2.43. The van der Waals surface area contributed by atoms with Gasteiger partial charge in [-0.3, -0.25) is 4.79 Å². The van der Waals surface area contributed by atoms with E-state index in [1.165, 1.54) is 10.6 Å². The van der Waals surface area contributed by atoms with Crippen LogP contribution in [0.1, 0.15) is 31.2 Å². The average Bonchev–Trinajstić information content (AvgIpc) is 3.27. The molecule has 2 fully saturated rings. The molecule has 3 atom stereocenters. The number of amides is 1. The van der Waals surface area contributed by atoms with Crippen molar-refractivity contribution >= 4 is 44.8 Å². The smallest absolute Gasteiger partial charge is 0.225 e. The lowest BCUT2D eigenvalue weighted by molar-refractivity contribution is -0.135. The van der Waals surface area contributed by atoms with Gasteiger partial charge < -0.3 is 15.4 Å². The molecule has 0 aliphatic carbocycles. The maximum atomic E-state index is 13.5. The van der Waals surface area contributed by atoms with Crippen LogP contribution in [-0.4, -0.2) is 67.1 Å². The minimum absolute atomic E-state index is 0.00592. The second-order valence-corrected chi connectivity index (χ2v) is 12.2. The van der Waals surface area contributed by atoms with E-state index in [2.05, 4.69) is 4.98 Å². The van der Waals surface area contributed by atoms with Gasteiger partial charge in [-0.05, 0) is 43.5 Å². The largest absolute Gasteiger partial charge is 0.474 e. The van der Waals surface area contributed by atoms with Gasteiger partial charge in [-0.15, -0.1) is 0 Å². The van der Waals surface area contributed by atoms with Crippen molar-refractivity contribution < 1.29 is 17.9 Å². The lowest BCUT2D eigenvalue weighted by Gasteiger charge is -2.32. The van der Waals surface area contributed by atoms with Crippen LogP contribution in [0.4, 0.5) is 5.69 Å². The van der Waals surface area contributed by atoms with Crippen molar-refractivity contribution in [1.29, 1.82) is 0 Å². The first-order chi connectivity index (χ1) is 16.5. The number of piperidine rings is 1. The van der Waals surface area contributed by atoms with Crippen molar-refractivity contribution in [2.75, 3.05) is 38.2 Å². The molecule has 0 saturated carbocycles. The Kier molecular flexibility index (Phi) is 7.80. The van der Waals surface area contributed by atoms with E-state index in [0.29, 0.717) is 60.6 Å². The molecule has 0 spiro atoms. The Morgan fingerprint density at radius 1 is 1.14 bits per heavy atom. The normalized spacial score (nSPS) is 22.8. The third kappa shape index (κ3) is 6.02. The zero-order valence-electron chi connectivity index (χ0n) is 19.7. The standard InChI is InChI=1S/C24H30Cl2N4O4S/c1-15(34-23-6-4-18(27)12-28-23)19-13-29(14-20(19)17-3-5-21(25)22(26)11-17)24(31)16-7-9-30(10-8-16)35(2,32)33/h3-6,11-12,15-16,19-20H,7-10,13-14,27H2,1-2H3/t15-,19+,20+/m0/s1. The van der Waals surface area contributed by atoms with Gasteiger partial charge in [0.15, 0.2) is 0 Å². The topological polar surface area (TPSA) is 106 Å². The molecule has 4 rings (SSSR count). The predicted octanol–water partition coefficient (Wildman–Crippen LogP) is 3.65. The number of carbonyl (C=O) groups is 1. The van der Waals surface area contributed by atoms with Crippen LogP contribution < -0.4 is 10.5 Å². The first-order valence-electron chi connectivity index (χ1n) is 11.6. The van der Waals surface area contributed by atoms with Gasteiger partial charge in [-0.1, -0.05) is 29.3 Å². The predicted molar refractivity (Wildman–Crippen MR) is 137 cm³/mol. The number of nitrogen functional groups attached to an aromatic ring is 1. The monoisotopic (exact) mass is 540 g/mol. The van der Waals surface area contributed by atoms with Crippen molar-refractivity contribution in [2.24, 2.45) is 11.8 Å². The van der Waals surface area contributed by atoms with Gasteiger partial charge in [-0.25, -0.2) is 17.7 Å². The second kappa shape index (κ2) is 10.5. The summed E-state index contributed by atoms with van der Waals surface area (Å²) in [6, 6.07) is 9.04. The van der Waals surface area contributed by atoms with Crippen LogP contribution in [-0.2, 0) is 14.8 Å². The number of halogens is 2. The summed E-state index contributed by atoms with van der Waals surface area (Å²) < 4.78 is 31.3. The number of hydrogen-bond acceptors (Lipinski definition) is 6. The number of nitrogens with two attached hydrogens (primary N) is 1. The zero-order chi connectivity index (χ0) is 25.3. The van der Waals surface area contributed by atoms with Gasteiger partial charge in [-0.2, -0.15) is 0 Å². The van der Waals surface area contributed by atoms with Gasteiger partial charge in [0.1, 0.15) is 6.10 Å². The molecule has 0 unspecified atom stereocenters. The summed E-state index contributed by atoms with van der Waals surface area (Å²) in [6.07, 6.45) is 3.55.